The normalized spacial score (nSPS) is 21.3. The Morgan fingerprint density at radius 1 is 1.35 bits per heavy atom. The highest BCUT2D eigenvalue weighted by atomic mass is 15.2. The summed E-state index contributed by atoms with van der Waals surface area (Å²) in [6, 6.07) is 5.06. The van der Waals surface area contributed by atoms with Gasteiger partial charge in [-0.3, -0.25) is 4.98 Å². The zero-order valence-electron chi connectivity index (χ0n) is 10.5. The van der Waals surface area contributed by atoms with Gasteiger partial charge in [0.25, 0.3) is 0 Å². The number of nitrogens with two attached hydrogens (primary N) is 1. The SMILES string of the molecule is C[C@H](N)c1ccc(N(CC2CC2)C2CC2)cn1. The summed E-state index contributed by atoms with van der Waals surface area (Å²) in [5.74, 6) is 0.934. The highest BCUT2D eigenvalue weighted by Gasteiger charge is 2.33. The molecule has 3 nitrogen and oxygen atoms in total. The minimum atomic E-state index is 0.0295. The third kappa shape index (κ3) is 2.60. The van der Waals surface area contributed by atoms with Gasteiger partial charge in [0.05, 0.1) is 17.6 Å². The molecule has 0 spiro atoms. The molecular formula is C14H21N3. The number of hydrogen-bond donors (Lipinski definition) is 1. The third-order valence-electron chi connectivity index (χ3n) is 3.71. The average Bonchev–Trinajstić information content (AvgIpc) is 3.18. The molecular weight excluding hydrogens is 210 g/mol. The Morgan fingerprint density at radius 3 is 2.59 bits per heavy atom. The van der Waals surface area contributed by atoms with Crippen molar-refractivity contribution in [2.75, 3.05) is 11.4 Å². The van der Waals surface area contributed by atoms with Crippen molar-refractivity contribution in [2.45, 2.75) is 44.7 Å². The second-order valence-electron chi connectivity index (χ2n) is 5.56. The van der Waals surface area contributed by atoms with E-state index in [1.807, 2.05) is 13.1 Å². The molecule has 2 saturated carbocycles. The predicted octanol–water partition coefficient (Wildman–Crippen LogP) is 2.48. The van der Waals surface area contributed by atoms with E-state index in [2.05, 4.69) is 22.0 Å². The maximum Gasteiger partial charge on any atom is 0.0569 e. The van der Waals surface area contributed by atoms with Gasteiger partial charge in [0.15, 0.2) is 0 Å². The fourth-order valence-electron chi connectivity index (χ4n) is 2.27. The molecule has 1 atom stereocenters. The molecule has 1 heterocycles. The maximum absolute atomic E-state index is 5.83. The van der Waals surface area contributed by atoms with Gasteiger partial charge in [-0.25, -0.2) is 0 Å². The Labute approximate surface area is 103 Å². The molecule has 2 fully saturated rings. The van der Waals surface area contributed by atoms with Crippen molar-refractivity contribution in [1.82, 2.24) is 4.98 Å². The van der Waals surface area contributed by atoms with Crippen molar-refractivity contribution in [3.05, 3.63) is 24.0 Å². The van der Waals surface area contributed by atoms with Gasteiger partial charge in [0.1, 0.15) is 0 Å². The molecule has 1 aromatic rings. The van der Waals surface area contributed by atoms with Crippen LogP contribution in [0.15, 0.2) is 18.3 Å². The fraction of sp³-hybridized carbons (Fsp3) is 0.643. The molecule has 0 aliphatic heterocycles. The molecule has 3 heteroatoms. The van der Waals surface area contributed by atoms with E-state index in [1.165, 1.54) is 37.9 Å². The van der Waals surface area contributed by atoms with Gasteiger partial charge < -0.3 is 10.6 Å². The minimum Gasteiger partial charge on any atom is -0.367 e. The summed E-state index contributed by atoms with van der Waals surface area (Å²) in [6.45, 7) is 3.20. The van der Waals surface area contributed by atoms with Crippen LogP contribution in [0.1, 0.15) is 44.3 Å². The van der Waals surface area contributed by atoms with E-state index >= 15 is 0 Å². The van der Waals surface area contributed by atoms with E-state index < -0.39 is 0 Å². The van der Waals surface area contributed by atoms with Crippen molar-refractivity contribution in [3.63, 3.8) is 0 Å². The van der Waals surface area contributed by atoms with Crippen LogP contribution in [0.3, 0.4) is 0 Å². The highest BCUT2D eigenvalue weighted by molar-refractivity contribution is 5.47. The smallest absolute Gasteiger partial charge is 0.0569 e. The van der Waals surface area contributed by atoms with Crippen molar-refractivity contribution in [2.24, 2.45) is 11.7 Å². The summed E-state index contributed by atoms with van der Waals surface area (Å²) in [6.07, 6.45) is 7.52. The van der Waals surface area contributed by atoms with Crippen LogP contribution >= 0.6 is 0 Å². The zero-order valence-corrected chi connectivity index (χ0v) is 10.5. The summed E-state index contributed by atoms with van der Waals surface area (Å²) >= 11 is 0. The van der Waals surface area contributed by atoms with E-state index in [0.717, 1.165) is 17.7 Å². The first-order chi connectivity index (χ1) is 8.24. The van der Waals surface area contributed by atoms with E-state index in [0.29, 0.717) is 0 Å². The van der Waals surface area contributed by atoms with Crippen molar-refractivity contribution in [1.29, 1.82) is 0 Å². The Hall–Kier alpha value is -1.09. The van der Waals surface area contributed by atoms with Crippen LogP contribution in [0.4, 0.5) is 5.69 Å². The van der Waals surface area contributed by atoms with Gasteiger partial charge >= 0.3 is 0 Å². The lowest BCUT2D eigenvalue weighted by molar-refractivity contribution is 0.714. The van der Waals surface area contributed by atoms with Crippen LogP contribution in [0, 0.1) is 5.92 Å². The second kappa shape index (κ2) is 4.30. The molecule has 2 aliphatic carbocycles. The summed E-state index contributed by atoms with van der Waals surface area (Å²) in [7, 11) is 0. The molecule has 2 aliphatic rings. The summed E-state index contributed by atoms with van der Waals surface area (Å²) < 4.78 is 0. The van der Waals surface area contributed by atoms with Gasteiger partial charge in [0, 0.05) is 18.6 Å². The van der Waals surface area contributed by atoms with Crippen molar-refractivity contribution < 1.29 is 0 Å². The van der Waals surface area contributed by atoms with Crippen molar-refractivity contribution in [3.8, 4) is 0 Å². The molecule has 0 bridgehead atoms. The Balaban J connectivity index is 1.75. The number of pyridine rings is 1. The first-order valence-corrected chi connectivity index (χ1v) is 6.72. The molecule has 0 unspecified atom stereocenters. The molecule has 1 aromatic heterocycles. The van der Waals surface area contributed by atoms with E-state index in [9.17, 15) is 0 Å². The lowest BCUT2D eigenvalue weighted by Crippen LogP contribution is -2.28. The third-order valence-corrected chi connectivity index (χ3v) is 3.71. The van der Waals surface area contributed by atoms with Crippen LogP contribution in [-0.4, -0.2) is 17.6 Å². The number of aromatic nitrogens is 1. The summed E-state index contributed by atoms with van der Waals surface area (Å²) in [4.78, 5) is 7.02. The molecule has 0 aromatic carbocycles. The standard InChI is InChI=1S/C14H21N3/c1-10(15)14-7-6-13(8-16-14)17(12-4-5-12)9-11-2-3-11/h6-8,10-12H,2-5,9,15H2,1H3/t10-/m0/s1. The molecule has 17 heavy (non-hydrogen) atoms. The Morgan fingerprint density at radius 2 is 2.12 bits per heavy atom. The highest BCUT2D eigenvalue weighted by Crippen LogP contribution is 2.37. The topological polar surface area (TPSA) is 42.1 Å². The van der Waals surface area contributed by atoms with Crippen molar-refractivity contribution >= 4 is 5.69 Å². The molecule has 2 N–H and O–H groups in total. The number of anilines is 1. The second-order valence-corrected chi connectivity index (χ2v) is 5.56. The molecule has 0 radical (unpaired) electrons. The number of hydrogen-bond acceptors (Lipinski definition) is 3. The van der Waals surface area contributed by atoms with Gasteiger partial charge in [-0.1, -0.05) is 0 Å². The quantitative estimate of drug-likeness (QED) is 0.846. The largest absolute Gasteiger partial charge is 0.367 e. The zero-order chi connectivity index (χ0) is 11.8. The number of rotatable bonds is 5. The monoisotopic (exact) mass is 231 g/mol. The van der Waals surface area contributed by atoms with Gasteiger partial charge in [-0.15, -0.1) is 0 Å². The van der Waals surface area contributed by atoms with Crippen LogP contribution in [0.25, 0.3) is 0 Å². The van der Waals surface area contributed by atoms with E-state index in [4.69, 9.17) is 5.73 Å². The van der Waals surface area contributed by atoms with Crippen LogP contribution in [0.2, 0.25) is 0 Å². The summed E-state index contributed by atoms with van der Waals surface area (Å²) in [5, 5.41) is 0. The Bertz CT molecular complexity index is 377. The van der Waals surface area contributed by atoms with E-state index in [-0.39, 0.29) is 6.04 Å². The molecule has 3 rings (SSSR count). The first kappa shape index (κ1) is 11.0. The van der Waals surface area contributed by atoms with Gasteiger partial charge in [-0.2, -0.15) is 0 Å². The predicted molar refractivity (Wildman–Crippen MR) is 69.9 cm³/mol. The number of nitrogens with zero attached hydrogens (tertiary/aromatic N) is 2. The van der Waals surface area contributed by atoms with Gasteiger partial charge in [0.2, 0.25) is 0 Å². The first-order valence-electron chi connectivity index (χ1n) is 6.72. The van der Waals surface area contributed by atoms with Gasteiger partial charge in [-0.05, 0) is 50.7 Å². The lowest BCUT2D eigenvalue weighted by atomic mass is 10.2. The van der Waals surface area contributed by atoms with Crippen LogP contribution < -0.4 is 10.6 Å². The fourth-order valence-corrected chi connectivity index (χ4v) is 2.27. The van der Waals surface area contributed by atoms with E-state index in [1.54, 1.807) is 0 Å². The Kier molecular flexibility index (Phi) is 2.79. The van der Waals surface area contributed by atoms with Crippen LogP contribution in [0.5, 0.6) is 0 Å². The van der Waals surface area contributed by atoms with Crippen LogP contribution in [-0.2, 0) is 0 Å². The summed E-state index contributed by atoms with van der Waals surface area (Å²) in [5.41, 5.74) is 8.09. The lowest BCUT2D eigenvalue weighted by Gasteiger charge is -2.24. The minimum absolute atomic E-state index is 0.0295. The molecule has 0 amide bonds. The maximum atomic E-state index is 5.83. The molecule has 92 valence electrons. The molecule has 0 saturated heterocycles. The average molecular weight is 231 g/mol.